The summed E-state index contributed by atoms with van der Waals surface area (Å²) in [5.74, 6) is 0. The molecule has 4 aromatic carbocycles. The van der Waals surface area contributed by atoms with Gasteiger partial charge in [-0.2, -0.15) is 16.8 Å². The van der Waals surface area contributed by atoms with E-state index >= 15 is 0 Å². The van der Waals surface area contributed by atoms with Gasteiger partial charge in [0, 0.05) is 12.1 Å². The zero-order valence-electron chi connectivity index (χ0n) is 17.2. The van der Waals surface area contributed by atoms with Crippen molar-refractivity contribution in [2.45, 2.75) is 9.79 Å². The summed E-state index contributed by atoms with van der Waals surface area (Å²) < 4.78 is 67.3. The molecule has 0 spiro atoms. The van der Waals surface area contributed by atoms with E-state index in [9.17, 15) is 25.9 Å². The van der Waals surface area contributed by atoms with Crippen molar-refractivity contribution in [1.82, 2.24) is 0 Å². The highest BCUT2D eigenvalue weighted by molar-refractivity contribution is 8.01. The average Bonchev–Trinajstić information content (AvgIpc) is 2.80. The van der Waals surface area contributed by atoms with E-state index in [0.29, 0.717) is 10.6 Å². The fourth-order valence-corrected chi connectivity index (χ4v) is 9.44. The third-order valence-corrected chi connectivity index (χ3v) is 11.2. The predicted octanol–water partition coefficient (Wildman–Crippen LogP) is 2.80. The Balaban J connectivity index is 2.19. The van der Waals surface area contributed by atoms with E-state index in [4.69, 9.17) is 0 Å². The standard InChI is InChI=1S/C24H19O6PS2/c25-32(26,27)23-15-7-13-21(17-23)31(19-9-3-1-4-10-19,20-11-5-2-6-12-20)22-14-8-16-24(18-22)33(28,29)30/h1-18H,(H-,25,26,27,28,29,30)/p+1. The molecule has 0 atom stereocenters. The molecule has 4 rings (SSSR count). The Kier molecular flexibility index (Phi) is 6.22. The fourth-order valence-electron chi connectivity index (χ4n) is 3.90. The van der Waals surface area contributed by atoms with Crippen molar-refractivity contribution in [3.05, 3.63) is 109 Å². The van der Waals surface area contributed by atoms with Crippen molar-refractivity contribution < 1.29 is 25.9 Å². The van der Waals surface area contributed by atoms with Gasteiger partial charge in [-0.05, 0) is 48.5 Å². The summed E-state index contributed by atoms with van der Waals surface area (Å²) in [6.45, 7) is 0. The number of rotatable bonds is 6. The second kappa shape index (κ2) is 8.82. The van der Waals surface area contributed by atoms with Gasteiger partial charge in [0.25, 0.3) is 20.2 Å². The second-order valence-corrected chi connectivity index (χ2v) is 13.5. The minimum absolute atomic E-state index is 0.262. The van der Waals surface area contributed by atoms with Crippen LogP contribution in [0.25, 0.3) is 0 Å². The molecule has 4 aromatic rings. The highest BCUT2D eigenvalue weighted by atomic mass is 32.2. The number of hydrogen-bond donors (Lipinski definition) is 2. The highest BCUT2D eigenvalue weighted by Gasteiger charge is 2.48. The first kappa shape index (κ1) is 23.3. The molecule has 0 heterocycles. The van der Waals surface area contributed by atoms with E-state index in [1.165, 1.54) is 24.3 Å². The Morgan fingerprint density at radius 1 is 0.455 bits per heavy atom. The van der Waals surface area contributed by atoms with E-state index in [2.05, 4.69) is 0 Å². The second-order valence-electron chi connectivity index (χ2n) is 7.29. The van der Waals surface area contributed by atoms with E-state index in [1.807, 2.05) is 60.7 Å². The van der Waals surface area contributed by atoms with E-state index in [1.54, 1.807) is 24.3 Å². The van der Waals surface area contributed by atoms with Crippen LogP contribution in [0.1, 0.15) is 0 Å². The Labute approximate surface area is 193 Å². The summed E-state index contributed by atoms with van der Waals surface area (Å²) in [5, 5.41) is 2.89. The van der Waals surface area contributed by atoms with Crippen molar-refractivity contribution in [3.8, 4) is 0 Å². The monoisotopic (exact) mass is 499 g/mol. The van der Waals surface area contributed by atoms with E-state index in [0.717, 1.165) is 10.6 Å². The van der Waals surface area contributed by atoms with Crippen molar-refractivity contribution in [3.63, 3.8) is 0 Å². The maximum atomic E-state index is 12.0. The first-order valence-electron chi connectivity index (χ1n) is 9.80. The fraction of sp³-hybridized carbons (Fsp3) is 0. The zero-order valence-corrected chi connectivity index (χ0v) is 19.7. The summed E-state index contributed by atoms with van der Waals surface area (Å²) in [6.07, 6.45) is 0. The lowest BCUT2D eigenvalue weighted by molar-refractivity contribution is 0.481. The molecule has 33 heavy (non-hydrogen) atoms. The van der Waals surface area contributed by atoms with Crippen molar-refractivity contribution in [2.75, 3.05) is 0 Å². The zero-order chi connectivity index (χ0) is 23.7. The SMILES string of the molecule is O=S(=O)(O)c1cccc([P+](c2ccccc2)(c2ccccc2)c2cccc(S(=O)(=O)O)c2)c1. The predicted molar refractivity (Wildman–Crippen MR) is 131 cm³/mol. The molecule has 6 nitrogen and oxygen atoms in total. The number of benzene rings is 4. The van der Waals surface area contributed by atoms with Crippen LogP contribution in [0.5, 0.6) is 0 Å². The van der Waals surface area contributed by atoms with Gasteiger partial charge in [-0.3, -0.25) is 9.11 Å². The molecule has 0 amide bonds. The Hall–Kier alpha value is -2.87. The van der Waals surface area contributed by atoms with Crippen LogP contribution in [0.15, 0.2) is 119 Å². The van der Waals surface area contributed by atoms with Gasteiger partial charge in [0.05, 0.1) is 9.79 Å². The smallest absolute Gasteiger partial charge is 0.282 e. The third-order valence-electron chi connectivity index (χ3n) is 5.29. The highest BCUT2D eigenvalue weighted by Crippen LogP contribution is 2.54. The Morgan fingerprint density at radius 3 is 1.12 bits per heavy atom. The van der Waals surface area contributed by atoms with Crippen LogP contribution >= 0.6 is 7.26 Å². The molecule has 0 fully saturated rings. The van der Waals surface area contributed by atoms with Gasteiger partial charge in [0.15, 0.2) is 0 Å². The Bertz CT molecular complexity index is 1390. The molecule has 168 valence electrons. The van der Waals surface area contributed by atoms with Crippen LogP contribution in [-0.4, -0.2) is 25.9 Å². The van der Waals surface area contributed by atoms with Crippen molar-refractivity contribution in [1.29, 1.82) is 0 Å². The topological polar surface area (TPSA) is 109 Å². The van der Waals surface area contributed by atoms with Gasteiger partial charge in [0.1, 0.15) is 28.5 Å². The molecule has 0 saturated carbocycles. The van der Waals surface area contributed by atoms with Crippen LogP contribution in [0.2, 0.25) is 0 Å². The van der Waals surface area contributed by atoms with Crippen LogP contribution in [0.4, 0.5) is 0 Å². The summed E-state index contributed by atoms with van der Waals surface area (Å²) >= 11 is 0. The molecule has 2 N–H and O–H groups in total. The van der Waals surface area contributed by atoms with Gasteiger partial charge < -0.3 is 0 Å². The van der Waals surface area contributed by atoms with Gasteiger partial charge in [-0.1, -0.05) is 48.5 Å². The first-order valence-corrected chi connectivity index (χ1v) is 14.5. The average molecular weight is 500 g/mol. The van der Waals surface area contributed by atoms with Crippen LogP contribution in [0.3, 0.4) is 0 Å². The van der Waals surface area contributed by atoms with Crippen LogP contribution in [-0.2, 0) is 20.2 Å². The molecule has 0 aliphatic rings. The molecule has 0 aliphatic heterocycles. The molecule has 0 unspecified atom stereocenters. The molecule has 0 aromatic heterocycles. The quantitative estimate of drug-likeness (QED) is 0.312. The van der Waals surface area contributed by atoms with Crippen LogP contribution < -0.4 is 21.2 Å². The lowest BCUT2D eigenvalue weighted by Crippen LogP contribution is -2.39. The lowest BCUT2D eigenvalue weighted by Gasteiger charge is -2.28. The largest absolute Gasteiger partial charge is 0.294 e. The minimum Gasteiger partial charge on any atom is -0.282 e. The molecule has 0 aliphatic carbocycles. The number of hydrogen-bond acceptors (Lipinski definition) is 4. The minimum atomic E-state index is -4.48. The summed E-state index contributed by atoms with van der Waals surface area (Å²) in [5.41, 5.74) is 0. The summed E-state index contributed by atoms with van der Waals surface area (Å²) in [6, 6.07) is 30.8. The third kappa shape index (κ3) is 4.49. The van der Waals surface area contributed by atoms with Gasteiger partial charge >= 0.3 is 0 Å². The van der Waals surface area contributed by atoms with Crippen molar-refractivity contribution in [2.24, 2.45) is 0 Å². The molecule has 0 saturated heterocycles. The molecular weight excluding hydrogens is 479 g/mol. The van der Waals surface area contributed by atoms with Crippen molar-refractivity contribution >= 4 is 48.7 Å². The van der Waals surface area contributed by atoms with Crippen LogP contribution in [0, 0.1) is 0 Å². The molecular formula is C24H20O6PS2+. The van der Waals surface area contributed by atoms with E-state index < -0.39 is 27.5 Å². The summed E-state index contributed by atoms with van der Waals surface area (Å²) in [4.78, 5) is -0.524. The summed E-state index contributed by atoms with van der Waals surface area (Å²) in [7, 11) is -11.8. The van der Waals surface area contributed by atoms with Gasteiger partial charge in [0.2, 0.25) is 0 Å². The molecule has 9 heteroatoms. The molecule has 0 radical (unpaired) electrons. The molecule has 0 bridgehead atoms. The first-order chi connectivity index (χ1) is 15.6. The normalized spacial score (nSPS) is 12.4. The Morgan fingerprint density at radius 2 is 0.788 bits per heavy atom. The van der Waals surface area contributed by atoms with E-state index in [-0.39, 0.29) is 9.79 Å². The van der Waals surface area contributed by atoms with Gasteiger partial charge in [-0.25, -0.2) is 0 Å². The maximum absolute atomic E-state index is 12.0. The maximum Gasteiger partial charge on any atom is 0.294 e. The lowest BCUT2D eigenvalue weighted by atomic mass is 10.3. The van der Waals surface area contributed by atoms with Gasteiger partial charge in [-0.15, -0.1) is 0 Å².